The smallest absolute Gasteiger partial charge is 0.0709 e. The molecule has 0 radical (unpaired) electrons. The highest BCUT2D eigenvalue weighted by atomic mass is 16.3. The van der Waals surface area contributed by atoms with Gasteiger partial charge >= 0.3 is 0 Å². The van der Waals surface area contributed by atoms with E-state index >= 15 is 0 Å². The second-order valence-corrected chi connectivity index (χ2v) is 8.43. The van der Waals surface area contributed by atoms with Crippen LogP contribution in [0.15, 0.2) is 48.5 Å². The molecule has 1 aliphatic carbocycles. The zero-order valence-corrected chi connectivity index (χ0v) is 16.9. The van der Waals surface area contributed by atoms with Crippen LogP contribution in [0.5, 0.6) is 0 Å². The number of H-pyrrole nitrogens is 1. The number of pyridine rings is 1. The quantitative estimate of drug-likeness (QED) is 0.637. The maximum absolute atomic E-state index is 9.57. The number of benzene rings is 1. The predicted octanol–water partition coefficient (Wildman–Crippen LogP) is 5.14. The van der Waals surface area contributed by atoms with Crippen LogP contribution in [0.4, 0.5) is 0 Å². The van der Waals surface area contributed by atoms with E-state index in [1.165, 1.54) is 42.3 Å². The van der Waals surface area contributed by atoms with Crippen molar-refractivity contribution in [1.82, 2.24) is 14.9 Å². The molecule has 3 aromatic rings. The fourth-order valence-electron chi connectivity index (χ4n) is 4.81. The Kier molecular flexibility index (Phi) is 5.21. The molecule has 1 aromatic carbocycles. The maximum Gasteiger partial charge on any atom is 0.0709 e. The first-order valence-corrected chi connectivity index (χ1v) is 10.9. The van der Waals surface area contributed by atoms with E-state index in [0.717, 1.165) is 48.4 Å². The fraction of sp³-hybridized carbons (Fsp3) is 0.400. The highest BCUT2D eigenvalue weighted by Crippen LogP contribution is 2.29. The lowest BCUT2D eigenvalue weighted by Crippen LogP contribution is -2.31. The zero-order chi connectivity index (χ0) is 19.6. The number of hydrogen-bond donors (Lipinski definition) is 2. The average Bonchev–Trinajstić information content (AvgIpc) is 3.40. The van der Waals surface area contributed by atoms with E-state index in [0.29, 0.717) is 6.04 Å². The summed E-state index contributed by atoms with van der Waals surface area (Å²) in [6.45, 7) is 2.19. The molecule has 4 nitrogen and oxygen atoms in total. The molecule has 0 amide bonds. The lowest BCUT2D eigenvalue weighted by Gasteiger charge is -2.21. The molecular weight excluding hydrogens is 358 g/mol. The molecule has 1 saturated heterocycles. The number of likely N-dealkylation sites (tertiary alicyclic amines) is 1. The van der Waals surface area contributed by atoms with E-state index in [-0.39, 0.29) is 6.61 Å². The van der Waals surface area contributed by atoms with Crippen LogP contribution in [-0.2, 0) is 6.54 Å². The number of hydrogen-bond acceptors (Lipinski definition) is 3. The minimum absolute atomic E-state index is 0.253. The summed E-state index contributed by atoms with van der Waals surface area (Å²) in [5.41, 5.74) is 7.10. The third-order valence-corrected chi connectivity index (χ3v) is 6.42. The van der Waals surface area contributed by atoms with Gasteiger partial charge in [-0.3, -0.25) is 4.90 Å². The van der Waals surface area contributed by atoms with Crippen molar-refractivity contribution >= 4 is 16.5 Å². The maximum atomic E-state index is 9.57. The Morgan fingerprint density at radius 1 is 1.07 bits per heavy atom. The van der Waals surface area contributed by atoms with Gasteiger partial charge in [0, 0.05) is 34.7 Å². The normalized spacial score (nSPS) is 20.3. The van der Waals surface area contributed by atoms with E-state index < -0.39 is 0 Å². The number of nitrogens with zero attached hydrogens (tertiary/aromatic N) is 2. The third kappa shape index (κ3) is 3.87. The molecule has 1 unspecified atom stereocenters. The molecule has 0 bridgehead atoms. The summed E-state index contributed by atoms with van der Waals surface area (Å²) in [6, 6.07) is 15.5. The van der Waals surface area contributed by atoms with Crippen molar-refractivity contribution in [1.29, 1.82) is 0 Å². The Morgan fingerprint density at radius 2 is 2.00 bits per heavy atom. The molecule has 4 heteroatoms. The Hall–Kier alpha value is -2.43. The Labute approximate surface area is 172 Å². The van der Waals surface area contributed by atoms with E-state index in [1.54, 1.807) is 0 Å². The van der Waals surface area contributed by atoms with Gasteiger partial charge in [-0.2, -0.15) is 0 Å². The summed E-state index contributed by atoms with van der Waals surface area (Å²) in [4.78, 5) is 10.9. The van der Waals surface area contributed by atoms with Gasteiger partial charge in [0.2, 0.25) is 0 Å². The van der Waals surface area contributed by atoms with Crippen molar-refractivity contribution in [2.75, 3.05) is 13.2 Å². The molecular formula is C25H29N3O. The lowest BCUT2D eigenvalue weighted by atomic mass is 9.96. The zero-order valence-electron chi connectivity index (χ0n) is 16.9. The third-order valence-electron chi connectivity index (χ3n) is 6.42. The van der Waals surface area contributed by atoms with Crippen molar-refractivity contribution in [3.05, 3.63) is 59.9 Å². The van der Waals surface area contributed by atoms with Crippen LogP contribution in [0, 0.1) is 0 Å². The molecule has 3 heterocycles. The summed E-state index contributed by atoms with van der Waals surface area (Å²) < 4.78 is 0. The van der Waals surface area contributed by atoms with E-state index in [9.17, 15) is 5.11 Å². The van der Waals surface area contributed by atoms with Crippen LogP contribution in [0.3, 0.4) is 0 Å². The molecule has 2 aromatic heterocycles. The van der Waals surface area contributed by atoms with E-state index in [2.05, 4.69) is 58.4 Å². The Balaban J connectivity index is 1.41. The number of aliphatic hydroxyl groups is 1. The first kappa shape index (κ1) is 18.6. The lowest BCUT2D eigenvalue weighted by molar-refractivity contribution is 0.152. The van der Waals surface area contributed by atoms with Gasteiger partial charge in [0.25, 0.3) is 0 Å². The number of nitrogens with one attached hydrogen (secondary N) is 1. The first-order valence-electron chi connectivity index (χ1n) is 10.9. The molecule has 29 heavy (non-hydrogen) atoms. The number of aromatic nitrogens is 2. The largest absolute Gasteiger partial charge is 0.395 e. The van der Waals surface area contributed by atoms with Crippen LogP contribution in [-0.4, -0.2) is 39.2 Å². The first-order chi connectivity index (χ1) is 14.3. The SMILES string of the molecule is OCC1CCCN1Cc1cc2cc(-c3cccc(C4=CCCCC4)n3)ccc2[nH]1. The second kappa shape index (κ2) is 8.13. The molecule has 0 saturated carbocycles. The summed E-state index contributed by atoms with van der Waals surface area (Å²) in [6.07, 6.45) is 9.51. The summed E-state index contributed by atoms with van der Waals surface area (Å²) >= 11 is 0. The molecule has 5 rings (SSSR count). The summed E-state index contributed by atoms with van der Waals surface area (Å²) in [5, 5.41) is 10.8. The van der Waals surface area contributed by atoms with Crippen LogP contribution in [0.1, 0.15) is 49.9 Å². The minimum Gasteiger partial charge on any atom is -0.395 e. The van der Waals surface area contributed by atoms with Crippen LogP contribution >= 0.6 is 0 Å². The highest BCUT2D eigenvalue weighted by molar-refractivity contribution is 5.85. The van der Waals surface area contributed by atoms with Crippen LogP contribution in [0.25, 0.3) is 27.7 Å². The molecule has 2 aliphatic rings. The highest BCUT2D eigenvalue weighted by Gasteiger charge is 2.24. The van der Waals surface area contributed by atoms with Crippen molar-refractivity contribution in [2.45, 2.75) is 51.1 Å². The van der Waals surface area contributed by atoms with Crippen LogP contribution < -0.4 is 0 Å². The number of aliphatic hydroxyl groups excluding tert-OH is 1. The van der Waals surface area contributed by atoms with Gasteiger partial charge in [0.05, 0.1) is 18.0 Å². The molecule has 150 valence electrons. The van der Waals surface area contributed by atoms with Gasteiger partial charge in [-0.05, 0) is 81.0 Å². The van der Waals surface area contributed by atoms with Crippen LogP contribution in [0.2, 0.25) is 0 Å². The standard InChI is InChI=1S/C25H29N3O/c29-17-22-8-5-13-28(22)16-21-15-20-14-19(11-12-25(20)26-21)24-10-4-9-23(27-24)18-6-2-1-3-7-18/h4,6,9-12,14-15,22,26,29H,1-3,5,7-8,13,16-17H2. The minimum atomic E-state index is 0.253. The van der Waals surface area contributed by atoms with E-state index in [1.807, 2.05) is 0 Å². The van der Waals surface area contributed by atoms with Crippen molar-refractivity contribution in [2.24, 2.45) is 0 Å². The molecule has 1 aliphatic heterocycles. The number of fused-ring (bicyclic) bond motifs is 1. The van der Waals surface area contributed by atoms with E-state index in [4.69, 9.17) is 4.98 Å². The second-order valence-electron chi connectivity index (χ2n) is 8.43. The van der Waals surface area contributed by atoms with Gasteiger partial charge in [0.1, 0.15) is 0 Å². The number of aromatic amines is 1. The number of rotatable bonds is 5. The van der Waals surface area contributed by atoms with Gasteiger partial charge < -0.3 is 10.1 Å². The van der Waals surface area contributed by atoms with Gasteiger partial charge in [-0.25, -0.2) is 4.98 Å². The monoisotopic (exact) mass is 387 g/mol. The molecule has 1 fully saturated rings. The topological polar surface area (TPSA) is 52.1 Å². The average molecular weight is 388 g/mol. The van der Waals surface area contributed by atoms with Crippen molar-refractivity contribution in [3.8, 4) is 11.3 Å². The molecule has 2 N–H and O–H groups in total. The van der Waals surface area contributed by atoms with Gasteiger partial charge in [-0.1, -0.05) is 18.2 Å². The van der Waals surface area contributed by atoms with Gasteiger partial charge in [-0.15, -0.1) is 0 Å². The number of allylic oxidation sites excluding steroid dienone is 2. The summed E-state index contributed by atoms with van der Waals surface area (Å²) in [7, 11) is 0. The molecule has 1 atom stereocenters. The van der Waals surface area contributed by atoms with Crippen molar-refractivity contribution in [3.63, 3.8) is 0 Å². The predicted molar refractivity (Wildman–Crippen MR) is 118 cm³/mol. The van der Waals surface area contributed by atoms with Gasteiger partial charge in [0.15, 0.2) is 0 Å². The Bertz CT molecular complexity index is 1040. The summed E-state index contributed by atoms with van der Waals surface area (Å²) in [5.74, 6) is 0. The van der Waals surface area contributed by atoms with Crippen molar-refractivity contribution < 1.29 is 5.11 Å². The Morgan fingerprint density at radius 3 is 2.86 bits per heavy atom. The molecule has 0 spiro atoms. The fourth-order valence-corrected chi connectivity index (χ4v) is 4.81.